The molecule has 0 saturated carbocycles. The topological polar surface area (TPSA) is 80.6 Å². The van der Waals surface area contributed by atoms with Crippen molar-refractivity contribution in [3.05, 3.63) is 54.4 Å². The maximum atomic E-state index is 12.5. The number of carboxylic acid groups (broad SMARTS) is 1. The smallest absolute Gasteiger partial charge is 0.326 e. The zero-order valence-corrected chi connectivity index (χ0v) is 13.2. The van der Waals surface area contributed by atoms with Gasteiger partial charge in [0.05, 0.1) is 6.61 Å². The molecule has 0 radical (unpaired) electrons. The summed E-state index contributed by atoms with van der Waals surface area (Å²) in [6.07, 6.45) is 5.32. The first-order valence-electron chi connectivity index (χ1n) is 8.00. The average Bonchev–Trinajstić information content (AvgIpc) is 3.15. The van der Waals surface area contributed by atoms with Crippen LogP contribution in [0.3, 0.4) is 0 Å². The number of rotatable bonds is 5. The van der Waals surface area contributed by atoms with E-state index in [9.17, 15) is 14.7 Å². The lowest BCUT2D eigenvalue weighted by molar-refractivity contribution is -0.142. The van der Waals surface area contributed by atoms with Crippen LogP contribution in [0.1, 0.15) is 23.2 Å². The Morgan fingerprint density at radius 2 is 2.04 bits per heavy atom. The Morgan fingerprint density at radius 1 is 1.25 bits per heavy atom. The lowest BCUT2D eigenvalue weighted by Gasteiger charge is -2.28. The maximum Gasteiger partial charge on any atom is 0.326 e. The third-order valence-corrected chi connectivity index (χ3v) is 4.23. The van der Waals surface area contributed by atoms with E-state index in [-0.39, 0.29) is 11.8 Å². The maximum absolute atomic E-state index is 12.5. The minimum Gasteiger partial charge on any atom is -0.480 e. The van der Waals surface area contributed by atoms with Gasteiger partial charge in [-0.2, -0.15) is 0 Å². The molecule has 126 valence electrons. The summed E-state index contributed by atoms with van der Waals surface area (Å²) >= 11 is 0. The van der Waals surface area contributed by atoms with Crippen LogP contribution in [-0.2, 0) is 9.53 Å². The van der Waals surface area contributed by atoms with E-state index in [1.165, 1.54) is 0 Å². The molecule has 6 nitrogen and oxygen atoms in total. The summed E-state index contributed by atoms with van der Waals surface area (Å²) < 4.78 is 7.24. The molecule has 2 N–H and O–H groups in total. The standard InChI is InChI=1S/C18H20N2O4/c21-17(19-16(18(22)23)14-6-4-10-24-12-14)13-5-3-7-15(11-13)20-8-1-2-9-20/h1-3,5,7-9,11,14,16H,4,6,10,12H2,(H,19,21)(H,22,23)/t14-,16+/m0/s1. The number of hydrogen-bond donors (Lipinski definition) is 2. The molecule has 0 unspecified atom stereocenters. The average molecular weight is 328 g/mol. The van der Waals surface area contributed by atoms with Crippen molar-refractivity contribution in [1.29, 1.82) is 0 Å². The van der Waals surface area contributed by atoms with Crippen LogP contribution in [0.15, 0.2) is 48.8 Å². The van der Waals surface area contributed by atoms with Gasteiger partial charge in [-0.3, -0.25) is 4.79 Å². The number of carboxylic acids is 1. The second-order valence-corrected chi connectivity index (χ2v) is 5.91. The van der Waals surface area contributed by atoms with Gasteiger partial charge in [-0.1, -0.05) is 6.07 Å². The van der Waals surface area contributed by atoms with Crippen molar-refractivity contribution in [1.82, 2.24) is 9.88 Å². The van der Waals surface area contributed by atoms with Gasteiger partial charge in [0.15, 0.2) is 0 Å². The SMILES string of the molecule is O=C(N[C@@H](C(=O)O)[C@H]1CCCOC1)c1cccc(-n2cccc2)c1. The van der Waals surface area contributed by atoms with E-state index in [0.29, 0.717) is 18.8 Å². The molecule has 2 atom stereocenters. The van der Waals surface area contributed by atoms with Crippen molar-refractivity contribution in [2.24, 2.45) is 5.92 Å². The van der Waals surface area contributed by atoms with Crippen LogP contribution in [-0.4, -0.2) is 40.8 Å². The second kappa shape index (κ2) is 7.31. The van der Waals surface area contributed by atoms with Crippen LogP contribution >= 0.6 is 0 Å². The molecule has 3 rings (SSSR count). The van der Waals surface area contributed by atoms with Crippen molar-refractivity contribution >= 4 is 11.9 Å². The van der Waals surface area contributed by atoms with Crippen molar-refractivity contribution < 1.29 is 19.4 Å². The van der Waals surface area contributed by atoms with E-state index in [1.807, 2.05) is 35.2 Å². The van der Waals surface area contributed by atoms with Gasteiger partial charge in [-0.15, -0.1) is 0 Å². The molecule has 1 aromatic carbocycles. The molecule has 0 bridgehead atoms. The number of ether oxygens (including phenoxy) is 1. The number of carbonyl (C=O) groups excluding carboxylic acids is 1. The van der Waals surface area contributed by atoms with Crippen LogP contribution < -0.4 is 5.32 Å². The number of amides is 1. The zero-order valence-electron chi connectivity index (χ0n) is 13.2. The Kier molecular flexibility index (Phi) is 4.96. The minimum absolute atomic E-state index is 0.201. The van der Waals surface area contributed by atoms with Gasteiger partial charge >= 0.3 is 5.97 Å². The van der Waals surface area contributed by atoms with E-state index in [2.05, 4.69) is 5.32 Å². The molecule has 1 aromatic heterocycles. The van der Waals surface area contributed by atoms with Crippen molar-refractivity contribution in [3.8, 4) is 5.69 Å². The van der Waals surface area contributed by atoms with E-state index < -0.39 is 12.0 Å². The minimum atomic E-state index is -1.03. The lowest BCUT2D eigenvalue weighted by Crippen LogP contribution is -2.48. The molecule has 24 heavy (non-hydrogen) atoms. The monoisotopic (exact) mass is 328 g/mol. The summed E-state index contributed by atoms with van der Waals surface area (Å²) in [7, 11) is 0. The predicted molar refractivity (Wildman–Crippen MR) is 88.2 cm³/mol. The molecule has 1 aliphatic heterocycles. The van der Waals surface area contributed by atoms with Gasteiger partial charge < -0.3 is 19.7 Å². The second-order valence-electron chi connectivity index (χ2n) is 5.91. The molecule has 1 amide bonds. The van der Waals surface area contributed by atoms with Crippen LogP contribution in [0, 0.1) is 5.92 Å². The largest absolute Gasteiger partial charge is 0.480 e. The van der Waals surface area contributed by atoms with Gasteiger partial charge in [-0.05, 0) is 43.2 Å². The van der Waals surface area contributed by atoms with Gasteiger partial charge in [0.1, 0.15) is 6.04 Å². The van der Waals surface area contributed by atoms with Gasteiger partial charge in [-0.25, -0.2) is 4.79 Å². The van der Waals surface area contributed by atoms with E-state index in [4.69, 9.17) is 4.74 Å². The first kappa shape index (κ1) is 16.3. The third-order valence-electron chi connectivity index (χ3n) is 4.23. The molecule has 2 heterocycles. The molecule has 0 spiro atoms. The van der Waals surface area contributed by atoms with Gasteiger partial charge in [0.2, 0.25) is 0 Å². The van der Waals surface area contributed by atoms with Crippen molar-refractivity contribution in [2.75, 3.05) is 13.2 Å². The van der Waals surface area contributed by atoms with Crippen LogP contribution in [0.2, 0.25) is 0 Å². The van der Waals surface area contributed by atoms with Crippen molar-refractivity contribution in [2.45, 2.75) is 18.9 Å². The Bertz CT molecular complexity index is 706. The summed E-state index contributed by atoms with van der Waals surface area (Å²) in [5.74, 6) is -1.62. The lowest BCUT2D eigenvalue weighted by atomic mass is 9.93. The summed E-state index contributed by atoms with van der Waals surface area (Å²) in [5.41, 5.74) is 1.28. The predicted octanol–water partition coefficient (Wildman–Crippen LogP) is 2.09. The fraction of sp³-hybridized carbons (Fsp3) is 0.333. The summed E-state index contributed by atoms with van der Waals surface area (Å²) in [6, 6.07) is 9.95. The van der Waals surface area contributed by atoms with E-state index in [0.717, 1.165) is 18.5 Å². The zero-order chi connectivity index (χ0) is 16.9. The molecule has 6 heteroatoms. The highest BCUT2D eigenvalue weighted by Gasteiger charge is 2.31. The van der Waals surface area contributed by atoms with Gasteiger partial charge in [0.25, 0.3) is 5.91 Å². The number of aromatic nitrogens is 1. The van der Waals surface area contributed by atoms with Crippen LogP contribution in [0.4, 0.5) is 0 Å². The normalized spacial score (nSPS) is 18.8. The third kappa shape index (κ3) is 3.65. The molecular weight excluding hydrogens is 308 g/mol. The number of benzene rings is 1. The van der Waals surface area contributed by atoms with Crippen LogP contribution in [0.5, 0.6) is 0 Å². The summed E-state index contributed by atoms with van der Waals surface area (Å²) in [6.45, 7) is 1.01. The van der Waals surface area contributed by atoms with Crippen LogP contribution in [0.25, 0.3) is 5.69 Å². The molecule has 2 aromatic rings. The number of aliphatic carboxylic acids is 1. The summed E-state index contributed by atoms with van der Waals surface area (Å²) in [4.78, 5) is 24.0. The highest BCUT2D eigenvalue weighted by atomic mass is 16.5. The fourth-order valence-electron chi connectivity index (χ4n) is 2.95. The van der Waals surface area contributed by atoms with E-state index in [1.54, 1.807) is 18.2 Å². The number of nitrogens with zero attached hydrogens (tertiary/aromatic N) is 1. The molecular formula is C18H20N2O4. The quantitative estimate of drug-likeness (QED) is 0.881. The molecule has 1 saturated heterocycles. The first-order valence-corrected chi connectivity index (χ1v) is 8.00. The number of carbonyl (C=O) groups is 2. The highest BCUT2D eigenvalue weighted by molar-refractivity contribution is 5.97. The summed E-state index contributed by atoms with van der Waals surface area (Å²) in [5, 5.41) is 12.1. The Morgan fingerprint density at radius 3 is 2.71 bits per heavy atom. The number of hydrogen-bond acceptors (Lipinski definition) is 3. The molecule has 0 aliphatic carbocycles. The Labute approximate surface area is 140 Å². The fourth-order valence-corrected chi connectivity index (χ4v) is 2.95. The number of nitrogens with one attached hydrogen (secondary N) is 1. The van der Waals surface area contributed by atoms with Gasteiger partial charge in [0, 0.05) is 36.2 Å². The Hall–Kier alpha value is -2.60. The Balaban J connectivity index is 1.75. The first-order chi connectivity index (χ1) is 11.6. The van der Waals surface area contributed by atoms with Crippen molar-refractivity contribution in [3.63, 3.8) is 0 Å². The highest BCUT2D eigenvalue weighted by Crippen LogP contribution is 2.19. The molecule has 1 aliphatic rings. The van der Waals surface area contributed by atoms with E-state index >= 15 is 0 Å². The molecule has 1 fully saturated rings.